The monoisotopic (exact) mass is 441 g/mol. The SMILES string of the molecule is CCN(CC)S(=O)(=O)c1ccc(Nc2nc(SC)[nH]c(=O)c2C(N)=O)cc1OC. The van der Waals surface area contributed by atoms with E-state index in [9.17, 15) is 18.0 Å². The maximum Gasteiger partial charge on any atom is 0.266 e. The number of benzene rings is 1. The van der Waals surface area contributed by atoms with Gasteiger partial charge in [-0.25, -0.2) is 13.4 Å². The van der Waals surface area contributed by atoms with Crippen molar-refractivity contribution < 1.29 is 17.9 Å². The molecule has 0 atom stereocenters. The van der Waals surface area contributed by atoms with E-state index in [4.69, 9.17) is 10.5 Å². The minimum Gasteiger partial charge on any atom is -0.495 e. The lowest BCUT2D eigenvalue weighted by Gasteiger charge is -2.20. The van der Waals surface area contributed by atoms with Crippen LogP contribution in [-0.4, -0.2) is 55.1 Å². The predicted octanol–water partition coefficient (Wildman–Crippen LogP) is 1.37. The van der Waals surface area contributed by atoms with E-state index in [0.29, 0.717) is 18.8 Å². The average Bonchev–Trinajstić information content (AvgIpc) is 2.67. The molecule has 0 saturated carbocycles. The highest BCUT2D eigenvalue weighted by atomic mass is 32.2. The number of anilines is 2. The number of nitrogens with zero attached hydrogens (tertiary/aromatic N) is 2. The van der Waals surface area contributed by atoms with Crippen molar-refractivity contribution in [2.75, 3.05) is 31.8 Å². The molecular formula is C17H23N5O5S2. The summed E-state index contributed by atoms with van der Waals surface area (Å²) in [7, 11) is -2.39. The summed E-state index contributed by atoms with van der Waals surface area (Å²) in [6.45, 7) is 4.13. The molecule has 0 bridgehead atoms. The Balaban J connectivity index is 2.54. The Hall–Kier alpha value is -2.57. The number of carbonyl (C=O) groups excluding carboxylic acids is 1. The zero-order valence-electron chi connectivity index (χ0n) is 16.5. The number of carbonyl (C=O) groups is 1. The molecule has 29 heavy (non-hydrogen) atoms. The number of rotatable bonds is 9. The smallest absolute Gasteiger partial charge is 0.266 e. The Morgan fingerprint density at radius 1 is 1.34 bits per heavy atom. The van der Waals surface area contributed by atoms with Gasteiger partial charge in [0.1, 0.15) is 16.2 Å². The molecule has 0 aliphatic rings. The lowest BCUT2D eigenvalue weighted by Crippen LogP contribution is -2.30. The van der Waals surface area contributed by atoms with Crippen molar-refractivity contribution in [3.8, 4) is 5.75 Å². The fourth-order valence-corrected chi connectivity index (χ4v) is 4.64. The number of H-pyrrole nitrogens is 1. The van der Waals surface area contributed by atoms with E-state index in [1.165, 1.54) is 41.4 Å². The molecule has 0 aliphatic heterocycles. The largest absolute Gasteiger partial charge is 0.495 e. The van der Waals surface area contributed by atoms with E-state index in [-0.39, 0.29) is 27.2 Å². The highest BCUT2D eigenvalue weighted by Crippen LogP contribution is 2.31. The van der Waals surface area contributed by atoms with Gasteiger partial charge in [-0.1, -0.05) is 25.6 Å². The van der Waals surface area contributed by atoms with Crippen molar-refractivity contribution in [1.82, 2.24) is 14.3 Å². The summed E-state index contributed by atoms with van der Waals surface area (Å²) in [6.07, 6.45) is 1.71. The molecule has 0 fully saturated rings. The van der Waals surface area contributed by atoms with Crippen LogP contribution in [0.15, 0.2) is 33.0 Å². The summed E-state index contributed by atoms with van der Waals surface area (Å²) in [6, 6.07) is 4.33. The van der Waals surface area contributed by atoms with Crippen molar-refractivity contribution in [1.29, 1.82) is 0 Å². The maximum atomic E-state index is 12.8. The van der Waals surface area contributed by atoms with Gasteiger partial charge in [0.05, 0.1) is 7.11 Å². The van der Waals surface area contributed by atoms with Crippen LogP contribution in [0, 0.1) is 0 Å². The van der Waals surface area contributed by atoms with E-state index in [1.54, 1.807) is 20.1 Å². The molecular weight excluding hydrogens is 418 g/mol. The molecule has 0 spiro atoms. The molecule has 2 aromatic rings. The van der Waals surface area contributed by atoms with E-state index < -0.39 is 21.5 Å². The van der Waals surface area contributed by atoms with Gasteiger partial charge in [-0.3, -0.25) is 9.59 Å². The number of hydrogen-bond acceptors (Lipinski definition) is 8. The number of nitrogens with one attached hydrogen (secondary N) is 2. The van der Waals surface area contributed by atoms with Crippen LogP contribution in [0.25, 0.3) is 0 Å². The van der Waals surface area contributed by atoms with Gasteiger partial charge >= 0.3 is 0 Å². The van der Waals surface area contributed by atoms with E-state index >= 15 is 0 Å². The molecule has 4 N–H and O–H groups in total. The Bertz CT molecular complexity index is 1060. The van der Waals surface area contributed by atoms with Crippen LogP contribution in [0.2, 0.25) is 0 Å². The number of ether oxygens (including phenoxy) is 1. The highest BCUT2D eigenvalue weighted by molar-refractivity contribution is 7.98. The number of thioether (sulfide) groups is 1. The summed E-state index contributed by atoms with van der Waals surface area (Å²) >= 11 is 1.18. The van der Waals surface area contributed by atoms with Crippen molar-refractivity contribution in [2.24, 2.45) is 5.73 Å². The second-order valence-corrected chi connectivity index (χ2v) is 8.44. The number of hydrogen-bond donors (Lipinski definition) is 3. The highest BCUT2D eigenvalue weighted by Gasteiger charge is 2.26. The number of amides is 1. The molecule has 158 valence electrons. The zero-order valence-corrected chi connectivity index (χ0v) is 18.1. The van der Waals surface area contributed by atoms with Crippen LogP contribution in [0.5, 0.6) is 5.75 Å². The average molecular weight is 442 g/mol. The third-order valence-electron chi connectivity index (χ3n) is 4.09. The predicted molar refractivity (Wildman–Crippen MR) is 112 cm³/mol. The summed E-state index contributed by atoms with van der Waals surface area (Å²) in [5.41, 5.74) is 4.67. The van der Waals surface area contributed by atoms with Crippen LogP contribution >= 0.6 is 11.8 Å². The number of methoxy groups -OCH3 is 1. The van der Waals surface area contributed by atoms with Gasteiger partial charge in [0.2, 0.25) is 10.0 Å². The van der Waals surface area contributed by atoms with E-state index in [0.717, 1.165) is 0 Å². The first-order chi connectivity index (χ1) is 13.7. The van der Waals surface area contributed by atoms with E-state index in [1.807, 2.05) is 0 Å². The van der Waals surface area contributed by atoms with Crippen molar-refractivity contribution >= 4 is 39.2 Å². The van der Waals surface area contributed by atoms with Crippen LogP contribution < -0.4 is 21.3 Å². The molecule has 0 unspecified atom stereocenters. The zero-order chi connectivity index (χ0) is 21.8. The molecule has 0 radical (unpaired) electrons. The Kier molecular flexibility index (Phi) is 7.27. The lowest BCUT2D eigenvalue weighted by atomic mass is 10.2. The van der Waals surface area contributed by atoms with Gasteiger partial charge < -0.3 is 20.8 Å². The van der Waals surface area contributed by atoms with Gasteiger partial charge in [-0.05, 0) is 18.4 Å². The van der Waals surface area contributed by atoms with Gasteiger partial charge in [0.25, 0.3) is 11.5 Å². The van der Waals surface area contributed by atoms with Gasteiger partial charge in [-0.2, -0.15) is 4.31 Å². The number of aromatic amines is 1. The molecule has 1 heterocycles. The molecule has 2 rings (SSSR count). The van der Waals surface area contributed by atoms with E-state index in [2.05, 4.69) is 15.3 Å². The Morgan fingerprint density at radius 2 is 2.00 bits per heavy atom. The van der Waals surface area contributed by atoms with Gasteiger partial charge in [0, 0.05) is 24.8 Å². The summed E-state index contributed by atoms with van der Waals surface area (Å²) in [4.78, 5) is 30.5. The minimum atomic E-state index is -3.74. The van der Waals surface area contributed by atoms with Crippen LogP contribution in [0.4, 0.5) is 11.5 Å². The quantitative estimate of drug-likeness (QED) is 0.390. The lowest BCUT2D eigenvalue weighted by molar-refractivity contribution is 0.0999. The number of nitrogens with two attached hydrogens (primary N) is 1. The minimum absolute atomic E-state index is 0.00745. The Morgan fingerprint density at radius 3 is 2.52 bits per heavy atom. The first kappa shape index (κ1) is 22.7. The summed E-state index contributed by atoms with van der Waals surface area (Å²) < 4.78 is 32.2. The molecule has 1 aromatic heterocycles. The normalized spacial score (nSPS) is 11.5. The number of sulfonamides is 1. The molecule has 10 nitrogen and oxygen atoms in total. The first-order valence-electron chi connectivity index (χ1n) is 8.62. The molecule has 1 amide bonds. The molecule has 1 aromatic carbocycles. The van der Waals surface area contributed by atoms with Gasteiger partial charge in [0.15, 0.2) is 11.0 Å². The number of primary amides is 1. The van der Waals surface area contributed by atoms with Crippen molar-refractivity contribution in [2.45, 2.75) is 23.9 Å². The first-order valence-corrected chi connectivity index (χ1v) is 11.3. The summed E-state index contributed by atoms with van der Waals surface area (Å²) in [5.74, 6) is -0.869. The van der Waals surface area contributed by atoms with Crippen LogP contribution in [0.1, 0.15) is 24.2 Å². The van der Waals surface area contributed by atoms with Crippen molar-refractivity contribution in [3.63, 3.8) is 0 Å². The Labute approximate surface area is 172 Å². The maximum absolute atomic E-state index is 12.8. The third kappa shape index (κ3) is 4.71. The molecule has 0 saturated heterocycles. The van der Waals surface area contributed by atoms with Crippen molar-refractivity contribution in [3.05, 3.63) is 34.1 Å². The summed E-state index contributed by atoms with van der Waals surface area (Å²) in [5, 5.41) is 3.13. The van der Waals surface area contributed by atoms with Crippen LogP contribution in [0.3, 0.4) is 0 Å². The van der Waals surface area contributed by atoms with Crippen LogP contribution in [-0.2, 0) is 10.0 Å². The second kappa shape index (κ2) is 9.29. The fraction of sp³-hybridized carbons (Fsp3) is 0.353. The molecule has 12 heteroatoms. The molecule has 0 aliphatic carbocycles. The third-order valence-corrected chi connectivity index (χ3v) is 6.76. The van der Waals surface area contributed by atoms with Gasteiger partial charge in [-0.15, -0.1) is 0 Å². The standard InChI is InChI=1S/C17H23N5O5S2/c1-5-22(6-2)29(25,26)12-8-7-10(9-11(12)27-3)19-15-13(14(18)23)16(24)21-17(20-15)28-4/h7-9H,5-6H2,1-4H3,(H2,18,23)(H2,19,20,21,24). The number of aromatic nitrogens is 2. The topological polar surface area (TPSA) is 147 Å². The second-order valence-electron chi connectivity index (χ2n) is 5.74. The fourth-order valence-electron chi connectivity index (χ4n) is 2.67.